The summed E-state index contributed by atoms with van der Waals surface area (Å²) in [6.07, 6.45) is 15.8. The molecule has 0 amide bonds. The molecule has 0 aromatic rings. The van der Waals surface area contributed by atoms with Gasteiger partial charge in [-0.3, -0.25) is 42.5 Å². The quantitative estimate of drug-likeness (QED) is 0.106. The third-order valence-corrected chi connectivity index (χ3v) is 16.3. The van der Waals surface area contributed by atoms with E-state index in [1.165, 1.54) is 103 Å². The minimum atomic E-state index is -7.85. The molecular formula is C40H62F13N9Zn. The standard InChI is InChI=1S/C32H56N8.C8H6F13N.Zn/c1-2-10-18-17(9-1)25-33-26(18)38-28-21-13-5-6-14-22(21)30(35-28)40-32-24-16-8-7-15-23(24)31(36-32)39-29-20-12-4-3-11-19(20)27(34-29)37-25;9-3(10,1-2-22)4(11,12)5(13,14)6(15,16)7(17,18)8(19,20)21;/h17-40H,1-16H2;1-2,22H2;. The smallest absolute Gasteiger partial charge is 0.330 e. The number of nitrogens with one attached hydrogen (secondary N) is 8. The summed E-state index contributed by atoms with van der Waals surface area (Å²) in [5.74, 6) is -30.6. The molecule has 4 aliphatic carbocycles. The predicted molar refractivity (Wildman–Crippen MR) is 202 cm³/mol. The minimum Gasteiger partial charge on any atom is -0.330 e. The molecule has 9 fully saturated rings. The maximum absolute atomic E-state index is 12.8. The van der Waals surface area contributed by atoms with Gasteiger partial charge in [-0.2, -0.15) is 57.1 Å². The number of rotatable bonds is 6. The van der Waals surface area contributed by atoms with Gasteiger partial charge in [0.2, 0.25) is 0 Å². The molecule has 63 heavy (non-hydrogen) atoms. The molecule has 360 valence electrons. The van der Waals surface area contributed by atoms with Crippen molar-refractivity contribution in [2.75, 3.05) is 6.54 Å². The topological polar surface area (TPSA) is 122 Å². The molecule has 0 aromatic heterocycles. The van der Waals surface area contributed by atoms with E-state index in [2.05, 4.69) is 48.3 Å². The molecule has 9 aliphatic rings. The Labute approximate surface area is 372 Å². The molecule has 0 radical (unpaired) electrons. The van der Waals surface area contributed by atoms with Gasteiger partial charge in [0.25, 0.3) is 0 Å². The van der Waals surface area contributed by atoms with Crippen molar-refractivity contribution < 1.29 is 76.6 Å². The first-order valence-corrected chi connectivity index (χ1v) is 22.9. The molecule has 0 aromatic carbocycles. The zero-order valence-electron chi connectivity index (χ0n) is 35.2. The van der Waals surface area contributed by atoms with E-state index in [-0.39, 0.29) is 19.5 Å². The van der Waals surface area contributed by atoms with Crippen LogP contribution in [0.5, 0.6) is 0 Å². The van der Waals surface area contributed by atoms with Crippen LogP contribution >= 0.6 is 0 Å². The Bertz CT molecular complexity index is 1340. The summed E-state index contributed by atoms with van der Waals surface area (Å²) in [5.41, 5.74) is 4.34. The molecule has 23 heteroatoms. The Hall–Kier alpha value is -0.647. The van der Waals surface area contributed by atoms with E-state index in [0.29, 0.717) is 49.3 Å². The van der Waals surface area contributed by atoms with Crippen LogP contribution in [0.3, 0.4) is 0 Å². The van der Waals surface area contributed by atoms with Crippen molar-refractivity contribution in [3.63, 3.8) is 0 Å². The monoisotopic (exact) mass is 979 g/mol. The molecule has 5 heterocycles. The van der Waals surface area contributed by atoms with Crippen molar-refractivity contribution >= 4 is 0 Å². The predicted octanol–water partition coefficient (Wildman–Crippen LogP) is 6.68. The van der Waals surface area contributed by atoms with Crippen LogP contribution in [0.1, 0.15) is 109 Å². The van der Waals surface area contributed by atoms with Crippen molar-refractivity contribution in [2.24, 2.45) is 53.1 Å². The first-order valence-electron chi connectivity index (χ1n) is 22.9. The fourth-order valence-corrected chi connectivity index (χ4v) is 13.1. The average molecular weight is 981 g/mol. The molecule has 8 unspecified atom stereocenters. The summed E-state index contributed by atoms with van der Waals surface area (Å²) in [6, 6.07) is 0. The SMILES string of the molecule is C1CCC2C3NC(NC4NC(NC5NC(NC6NC(N3)C3CCCCC63)C3CCCCC53)C3CCCCC43)C2C1.NCCC(F)(F)C(F)(F)C(F)(F)C(F)(F)C(F)(F)C(F)(F)F.[Zn]. The van der Waals surface area contributed by atoms with E-state index < -0.39 is 48.8 Å². The molecule has 9 nitrogen and oxygen atoms in total. The maximum atomic E-state index is 12.8. The molecular weight excluding hydrogens is 919 g/mol. The largest absolute Gasteiger partial charge is 0.460 e. The third kappa shape index (κ3) is 8.84. The van der Waals surface area contributed by atoms with E-state index in [1.807, 2.05) is 0 Å². The molecule has 0 spiro atoms. The molecule has 10 N–H and O–H groups in total. The van der Waals surface area contributed by atoms with Gasteiger partial charge in [-0.15, -0.1) is 0 Å². The Balaban J connectivity index is 0.000000224. The fourth-order valence-electron chi connectivity index (χ4n) is 13.1. The maximum Gasteiger partial charge on any atom is 0.460 e. The number of hydrogen-bond donors (Lipinski definition) is 9. The van der Waals surface area contributed by atoms with Crippen LogP contribution in [0.4, 0.5) is 57.1 Å². The van der Waals surface area contributed by atoms with Gasteiger partial charge >= 0.3 is 35.8 Å². The summed E-state index contributed by atoms with van der Waals surface area (Å²) < 4.78 is 162. The molecule has 5 saturated heterocycles. The van der Waals surface area contributed by atoms with Gasteiger partial charge in [-0.05, 0) is 105 Å². The van der Waals surface area contributed by atoms with Gasteiger partial charge in [0.05, 0.1) is 49.3 Å². The minimum absolute atomic E-state index is 0. The molecule has 4 saturated carbocycles. The Kier molecular flexibility index (Phi) is 14.9. The Morgan fingerprint density at radius 2 is 0.508 bits per heavy atom. The number of alkyl halides is 13. The van der Waals surface area contributed by atoms with Gasteiger partial charge in [0.15, 0.2) is 0 Å². The Morgan fingerprint density at radius 1 is 0.317 bits per heavy atom. The van der Waals surface area contributed by atoms with Gasteiger partial charge in [-0.1, -0.05) is 51.4 Å². The number of halogens is 13. The van der Waals surface area contributed by atoms with Gasteiger partial charge < -0.3 is 5.73 Å². The van der Waals surface area contributed by atoms with E-state index in [4.69, 9.17) is 0 Å². The summed E-state index contributed by atoms with van der Waals surface area (Å²) in [7, 11) is 0. The van der Waals surface area contributed by atoms with E-state index in [1.54, 1.807) is 0 Å². The first-order chi connectivity index (χ1) is 29.1. The number of hydrogen-bond acceptors (Lipinski definition) is 9. The zero-order valence-corrected chi connectivity index (χ0v) is 38.1. The van der Waals surface area contributed by atoms with Crippen LogP contribution < -0.4 is 48.3 Å². The summed E-state index contributed by atoms with van der Waals surface area (Å²) in [6.45, 7) is -1.46. The third-order valence-electron chi connectivity index (χ3n) is 16.3. The van der Waals surface area contributed by atoms with Crippen LogP contribution in [0.15, 0.2) is 0 Å². The summed E-state index contributed by atoms with van der Waals surface area (Å²) in [4.78, 5) is 0. The normalized spacial score (nSPS) is 42.2. The van der Waals surface area contributed by atoms with E-state index in [0.717, 1.165) is 47.3 Å². The molecule has 8 bridgehead atoms. The van der Waals surface area contributed by atoms with Crippen molar-refractivity contribution in [3.8, 4) is 0 Å². The van der Waals surface area contributed by atoms with Crippen molar-refractivity contribution in [2.45, 2.75) is 194 Å². The van der Waals surface area contributed by atoms with Gasteiger partial charge in [0.1, 0.15) is 0 Å². The van der Waals surface area contributed by atoms with Crippen molar-refractivity contribution in [1.82, 2.24) is 42.5 Å². The van der Waals surface area contributed by atoms with Crippen molar-refractivity contribution in [3.05, 3.63) is 0 Å². The molecule has 9 rings (SSSR count). The van der Waals surface area contributed by atoms with E-state index >= 15 is 0 Å². The summed E-state index contributed by atoms with van der Waals surface area (Å²) in [5, 5.41) is 33.8. The second kappa shape index (κ2) is 18.7. The Morgan fingerprint density at radius 3 is 0.683 bits per heavy atom. The van der Waals surface area contributed by atoms with Gasteiger partial charge in [-0.25, -0.2) is 0 Å². The van der Waals surface area contributed by atoms with Crippen LogP contribution in [0.25, 0.3) is 0 Å². The van der Waals surface area contributed by atoms with Crippen LogP contribution in [-0.2, 0) is 19.5 Å². The number of nitrogens with two attached hydrogens (primary N) is 1. The first kappa shape index (κ1) is 50.2. The van der Waals surface area contributed by atoms with Crippen LogP contribution in [-0.4, -0.2) is 91.7 Å². The summed E-state index contributed by atoms with van der Waals surface area (Å²) >= 11 is 0. The molecule has 5 aliphatic heterocycles. The van der Waals surface area contributed by atoms with Gasteiger partial charge in [0, 0.05) is 25.9 Å². The molecule has 8 atom stereocenters. The second-order valence-electron chi connectivity index (χ2n) is 19.6. The van der Waals surface area contributed by atoms with Crippen LogP contribution in [0.2, 0.25) is 0 Å². The second-order valence-corrected chi connectivity index (χ2v) is 19.6. The fraction of sp³-hybridized carbons (Fsp3) is 1.00. The van der Waals surface area contributed by atoms with Crippen molar-refractivity contribution in [1.29, 1.82) is 0 Å². The number of fused-ring (bicyclic) bond motifs is 20. The zero-order chi connectivity index (χ0) is 44.6. The van der Waals surface area contributed by atoms with Crippen LogP contribution in [0, 0.1) is 47.3 Å². The van der Waals surface area contributed by atoms with E-state index in [9.17, 15) is 57.1 Å². The average Bonchev–Trinajstić information content (AvgIpc) is 3.96.